The highest BCUT2D eigenvalue weighted by molar-refractivity contribution is 7.99. The van der Waals surface area contributed by atoms with Crippen molar-refractivity contribution < 1.29 is 9.59 Å². The number of amides is 2. The van der Waals surface area contributed by atoms with Crippen LogP contribution in [0, 0.1) is 0 Å². The Kier molecular flexibility index (Phi) is 9.76. The maximum Gasteiger partial charge on any atom is 0.242 e. The largest absolute Gasteiger partial charge is 0.352 e. The molecule has 2 aromatic carbocycles. The van der Waals surface area contributed by atoms with Crippen molar-refractivity contribution in [1.82, 2.24) is 10.2 Å². The number of nitrogens with zero attached hydrogens (tertiary/aromatic N) is 1. The molecule has 7 heteroatoms. The van der Waals surface area contributed by atoms with Gasteiger partial charge < -0.3 is 10.2 Å². The number of hydrogen-bond donors (Lipinski definition) is 1. The molecule has 1 aliphatic carbocycles. The Hall–Kier alpha value is -1.69. The van der Waals surface area contributed by atoms with Crippen LogP contribution in [0.4, 0.5) is 0 Å². The second-order valence-electron chi connectivity index (χ2n) is 8.26. The summed E-state index contributed by atoms with van der Waals surface area (Å²) in [6, 6.07) is 14.9. The van der Waals surface area contributed by atoms with Gasteiger partial charge in [0.05, 0.1) is 5.75 Å². The van der Waals surface area contributed by atoms with Gasteiger partial charge in [-0.2, -0.15) is 0 Å². The van der Waals surface area contributed by atoms with Gasteiger partial charge in [-0.05, 0) is 43.0 Å². The average molecular weight is 494 g/mol. The highest BCUT2D eigenvalue weighted by Gasteiger charge is 2.28. The Bertz CT molecular complexity index is 904. The van der Waals surface area contributed by atoms with Crippen LogP contribution in [0.3, 0.4) is 0 Å². The maximum absolute atomic E-state index is 13.2. The van der Waals surface area contributed by atoms with Crippen molar-refractivity contribution in [1.29, 1.82) is 0 Å². The molecule has 2 aromatic rings. The van der Waals surface area contributed by atoms with E-state index in [4.69, 9.17) is 23.2 Å². The molecule has 0 saturated heterocycles. The molecule has 0 unspecified atom stereocenters. The Balaban J connectivity index is 1.68. The van der Waals surface area contributed by atoms with E-state index < -0.39 is 6.04 Å². The second kappa shape index (κ2) is 12.5. The van der Waals surface area contributed by atoms with Crippen LogP contribution in [-0.2, 0) is 21.9 Å². The minimum absolute atomic E-state index is 0.0803. The van der Waals surface area contributed by atoms with Gasteiger partial charge in [0.25, 0.3) is 0 Å². The number of nitrogens with one attached hydrogen (secondary N) is 1. The first-order valence-electron chi connectivity index (χ1n) is 11.1. The molecular weight excluding hydrogens is 463 g/mol. The van der Waals surface area contributed by atoms with Crippen LogP contribution in [0.25, 0.3) is 0 Å². The van der Waals surface area contributed by atoms with Crippen LogP contribution in [-0.4, -0.2) is 34.6 Å². The minimum atomic E-state index is -0.589. The molecule has 172 valence electrons. The molecule has 0 aliphatic heterocycles. The van der Waals surface area contributed by atoms with Gasteiger partial charge in [0.2, 0.25) is 11.8 Å². The third kappa shape index (κ3) is 7.43. The van der Waals surface area contributed by atoms with E-state index in [1.807, 2.05) is 36.4 Å². The van der Waals surface area contributed by atoms with Crippen LogP contribution < -0.4 is 5.32 Å². The standard InChI is InChI=1S/C25H30Cl2N2O2S/c1-18(25(31)28-22-10-6-3-7-11-22)29(15-20-12-13-21(26)14-23(20)27)24(30)17-32-16-19-8-4-2-5-9-19/h2,4-5,8-9,12-14,18,22H,3,6-7,10-11,15-17H2,1H3,(H,28,31)/t18-/m1/s1. The molecule has 0 bridgehead atoms. The number of hydrogen-bond acceptors (Lipinski definition) is 3. The Morgan fingerprint density at radius 3 is 2.50 bits per heavy atom. The van der Waals surface area contributed by atoms with E-state index in [0.29, 0.717) is 15.8 Å². The van der Waals surface area contributed by atoms with E-state index in [-0.39, 0.29) is 24.4 Å². The van der Waals surface area contributed by atoms with E-state index in [1.54, 1.807) is 35.7 Å². The summed E-state index contributed by atoms with van der Waals surface area (Å²) in [6.07, 6.45) is 5.50. The Labute approximate surface area is 205 Å². The Morgan fingerprint density at radius 2 is 1.81 bits per heavy atom. The summed E-state index contributed by atoms with van der Waals surface area (Å²) in [5.74, 6) is 0.845. The fraction of sp³-hybridized carbons (Fsp3) is 0.440. The SMILES string of the molecule is C[C@H](C(=O)NC1CCCCC1)N(Cc1ccc(Cl)cc1Cl)C(=O)CSCc1ccccc1. The van der Waals surface area contributed by atoms with Gasteiger partial charge in [-0.15, -0.1) is 11.8 Å². The molecule has 3 rings (SSSR count). The van der Waals surface area contributed by atoms with Gasteiger partial charge in [0.1, 0.15) is 6.04 Å². The quantitative estimate of drug-likeness (QED) is 0.460. The lowest BCUT2D eigenvalue weighted by Gasteiger charge is -2.31. The molecule has 32 heavy (non-hydrogen) atoms. The summed E-state index contributed by atoms with van der Waals surface area (Å²) < 4.78 is 0. The van der Waals surface area contributed by atoms with E-state index in [2.05, 4.69) is 5.32 Å². The maximum atomic E-state index is 13.2. The number of thioether (sulfide) groups is 1. The molecule has 4 nitrogen and oxygen atoms in total. The van der Waals surface area contributed by atoms with Crippen LogP contribution in [0.5, 0.6) is 0 Å². The fourth-order valence-electron chi connectivity index (χ4n) is 3.90. The van der Waals surface area contributed by atoms with Crippen molar-refractivity contribution in [3.8, 4) is 0 Å². The molecule has 1 atom stereocenters. The first kappa shape index (κ1) is 24.9. The lowest BCUT2D eigenvalue weighted by atomic mass is 9.95. The summed E-state index contributed by atoms with van der Waals surface area (Å²) in [5.41, 5.74) is 1.94. The third-order valence-electron chi connectivity index (χ3n) is 5.81. The van der Waals surface area contributed by atoms with Crippen molar-refractivity contribution in [2.24, 2.45) is 0 Å². The van der Waals surface area contributed by atoms with E-state index >= 15 is 0 Å². The first-order chi connectivity index (χ1) is 15.4. The zero-order valence-electron chi connectivity index (χ0n) is 18.4. The fourth-order valence-corrected chi connectivity index (χ4v) is 5.24. The van der Waals surface area contributed by atoms with Crippen molar-refractivity contribution >= 4 is 46.8 Å². The smallest absolute Gasteiger partial charge is 0.242 e. The molecule has 0 spiro atoms. The molecule has 0 heterocycles. The summed E-state index contributed by atoms with van der Waals surface area (Å²) >= 11 is 14.0. The molecule has 2 amide bonds. The lowest BCUT2D eigenvalue weighted by Crippen LogP contribution is -2.50. The van der Waals surface area contributed by atoms with Gasteiger partial charge in [0.15, 0.2) is 0 Å². The van der Waals surface area contributed by atoms with Crippen LogP contribution in [0.2, 0.25) is 10.0 Å². The molecule has 1 N–H and O–H groups in total. The van der Waals surface area contributed by atoms with Crippen LogP contribution in [0.15, 0.2) is 48.5 Å². The van der Waals surface area contributed by atoms with Gasteiger partial charge in [-0.25, -0.2) is 0 Å². The Morgan fingerprint density at radius 1 is 1.09 bits per heavy atom. The number of carbonyl (C=O) groups is 2. The molecule has 0 radical (unpaired) electrons. The number of rotatable bonds is 9. The zero-order chi connectivity index (χ0) is 22.9. The topological polar surface area (TPSA) is 49.4 Å². The number of carbonyl (C=O) groups excluding carboxylic acids is 2. The predicted octanol–water partition coefficient (Wildman–Crippen LogP) is 6.09. The van der Waals surface area contributed by atoms with Gasteiger partial charge in [0, 0.05) is 28.4 Å². The first-order valence-corrected chi connectivity index (χ1v) is 13.0. The summed E-state index contributed by atoms with van der Waals surface area (Å²) in [6.45, 7) is 2.06. The normalized spacial score (nSPS) is 15.2. The van der Waals surface area contributed by atoms with Crippen molar-refractivity contribution in [2.45, 2.75) is 63.4 Å². The lowest BCUT2D eigenvalue weighted by molar-refractivity contribution is -0.139. The van der Waals surface area contributed by atoms with Gasteiger partial charge in [-0.1, -0.05) is 78.9 Å². The van der Waals surface area contributed by atoms with Crippen LogP contribution in [0.1, 0.15) is 50.2 Å². The molecule has 0 aromatic heterocycles. The second-order valence-corrected chi connectivity index (χ2v) is 10.1. The van der Waals surface area contributed by atoms with Crippen LogP contribution >= 0.6 is 35.0 Å². The average Bonchev–Trinajstić information content (AvgIpc) is 2.79. The van der Waals surface area contributed by atoms with Crippen molar-refractivity contribution in [3.63, 3.8) is 0 Å². The third-order valence-corrected chi connectivity index (χ3v) is 7.39. The number of halogens is 2. The molecule has 1 saturated carbocycles. The predicted molar refractivity (Wildman–Crippen MR) is 134 cm³/mol. The van der Waals surface area contributed by atoms with Gasteiger partial charge in [-0.3, -0.25) is 9.59 Å². The van der Waals surface area contributed by atoms with Crippen molar-refractivity contribution in [2.75, 3.05) is 5.75 Å². The minimum Gasteiger partial charge on any atom is -0.352 e. The summed E-state index contributed by atoms with van der Waals surface area (Å²) in [5, 5.41) is 4.18. The highest BCUT2D eigenvalue weighted by Crippen LogP contribution is 2.24. The van der Waals surface area contributed by atoms with Crippen molar-refractivity contribution in [3.05, 3.63) is 69.7 Å². The zero-order valence-corrected chi connectivity index (χ0v) is 20.7. The molecule has 1 fully saturated rings. The number of benzene rings is 2. The highest BCUT2D eigenvalue weighted by atomic mass is 35.5. The summed E-state index contributed by atoms with van der Waals surface area (Å²) in [4.78, 5) is 27.9. The van der Waals surface area contributed by atoms with Gasteiger partial charge >= 0.3 is 0 Å². The molecule has 1 aliphatic rings. The monoisotopic (exact) mass is 492 g/mol. The summed E-state index contributed by atoms with van der Waals surface area (Å²) in [7, 11) is 0. The van der Waals surface area contributed by atoms with E-state index in [0.717, 1.165) is 37.0 Å². The molecular formula is C25H30Cl2N2O2S. The van der Waals surface area contributed by atoms with E-state index in [1.165, 1.54) is 12.0 Å². The van der Waals surface area contributed by atoms with E-state index in [9.17, 15) is 9.59 Å².